The molecule has 0 amide bonds. The molecular weight excluding hydrogens is 536 g/mol. The predicted octanol–water partition coefficient (Wildman–Crippen LogP) is 11.0. The van der Waals surface area contributed by atoms with Crippen molar-refractivity contribution in [1.82, 2.24) is 9.55 Å². The molecule has 3 nitrogen and oxygen atoms in total. The van der Waals surface area contributed by atoms with E-state index in [1.54, 1.807) is 0 Å². The van der Waals surface area contributed by atoms with Crippen LogP contribution in [0.2, 0.25) is 0 Å². The molecule has 0 N–H and O–H groups in total. The van der Waals surface area contributed by atoms with Crippen molar-refractivity contribution >= 4 is 21.8 Å². The van der Waals surface area contributed by atoms with Gasteiger partial charge in [0.1, 0.15) is 17.3 Å². The van der Waals surface area contributed by atoms with Gasteiger partial charge in [-0.15, -0.1) is 0 Å². The van der Waals surface area contributed by atoms with Gasteiger partial charge in [0, 0.05) is 22.2 Å². The van der Waals surface area contributed by atoms with E-state index in [1.807, 2.05) is 24.3 Å². The van der Waals surface area contributed by atoms with Crippen molar-refractivity contribution in [2.45, 2.75) is 0 Å². The zero-order chi connectivity index (χ0) is 29.0. The van der Waals surface area contributed by atoms with E-state index in [0.29, 0.717) is 0 Å². The maximum Gasteiger partial charge on any atom is 0.145 e. The Morgan fingerprint density at radius 3 is 2.07 bits per heavy atom. The van der Waals surface area contributed by atoms with E-state index in [4.69, 9.17) is 9.72 Å². The first-order valence-corrected chi connectivity index (χ1v) is 14.9. The lowest BCUT2D eigenvalue weighted by atomic mass is 9.90. The van der Waals surface area contributed by atoms with Crippen molar-refractivity contribution in [3.05, 3.63) is 158 Å². The fourth-order valence-corrected chi connectivity index (χ4v) is 6.57. The molecule has 0 unspecified atom stereocenters. The number of ether oxygens (including phenoxy) is 1. The zero-order valence-corrected chi connectivity index (χ0v) is 23.8. The summed E-state index contributed by atoms with van der Waals surface area (Å²) in [6, 6.07) is 55.4. The molecule has 1 aromatic heterocycles. The van der Waals surface area contributed by atoms with Gasteiger partial charge in [0.2, 0.25) is 0 Å². The Bertz CT molecular complexity index is 2350. The van der Waals surface area contributed by atoms with E-state index in [1.165, 1.54) is 27.6 Å². The van der Waals surface area contributed by atoms with Crippen molar-refractivity contribution < 1.29 is 4.74 Å². The summed E-state index contributed by atoms with van der Waals surface area (Å²) in [7, 11) is 0. The number of aromatic nitrogens is 2. The van der Waals surface area contributed by atoms with Crippen LogP contribution in [0.5, 0.6) is 11.5 Å². The molecule has 0 saturated carbocycles. The molecule has 0 saturated heterocycles. The van der Waals surface area contributed by atoms with Crippen LogP contribution in [0.15, 0.2) is 158 Å². The third kappa shape index (κ3) is 3.87. The van der Waals surface area contributed by atoms with Crippen LogP contribution in [0, 0.1) is 0 Å². The molecule has 0 fully saturated rings. The smallest absolute Gasteiger partial charge is 0.145 e. The average Bonchev–Trinajstić information content (AvgIpc) is 3.49. The molecule has 0 aliphatic carbocycles. The van der Waals surface area contributed by atoms with E-state index >= 15 is 0 Å². The summed E-state index contributed by atoms with van der Waals surface area (Å²) < 4.78 is 8.64. The predicted molar refractivity (Wildman–Crippen MR) is 180 cm³/mol. The first kappa shape index (κ1) is 24.6. The number of para-hydroxylation sites is 3. The van der Waals surface area contributed by atoms with Crippen LogP contribution in [-0.4, -0.2) is 9.55 Å². The van der Waals surface area contributed by atoms with Crippen LogP contribution in [0.3, 0.4) is 0 Å². The number of imidazole rings is 1. The summed E-state index contributed by atoms with van der Waals surface area (Å²) >= 11 is 0. The third-order valence-electron chi connectivity index (χ3n) is 8.63. The monoisotopic (exact) mass is 562 g/mol. The first-order chi connectivity index (χ1) is 21.8. The van der Waals surface area contributed by atoms with Crippen LogP contribution in [0.4, 0.5) is 0 Å². The summed E-state index contributed by atoms with van der Waals surface area (Å²) in [5, 5.41) is 2.33. The summed E-state index contributed by atoms with van der Waals surface area (Å²) in [5.74, 6) is 2.72. The summed E-state index contributed by atoms with van der Waals surface area (Å²) in [6.07, 6.45) is 0. The molecule has 0 bridgehead atoms. The highest BCUT2D eigenvalue weighted by atomic mass is 16.5. The maximum absolute atomic E-state index is 6.36. The Morgan fingerprint density at radius 2 is 1.16 bits per heavy atom. The molecule has 1 aliphatic heterocycles. The summed E-state index contributed by atoms with van der Waals surface area (Å²) in [4.78, 5) is 5.12. The standard InChI is InChI=1S/C41H26N2O/c1-2-10-27(11-3-1)28-20-22-29(23-21-28)41-42-36-17-5-6-18-37(36)43(41)31-13-8-12-30(26-31)32-24-25-39-40-34(32)15-9-16-35(40)33-14-4-7-19-38(33)44-39/h1-26H. The molecule has 2 heterocycles. The molecule has 0 radical (unpaired) electrons. The number of hydrogen-bond donors (Lipinski definition) is 0. The number of fused-ring (bicyclic) bond motifs is 3. The Labute approximate surface area is 255 Å². The number of benzene rings is 7. The average molecular weight is 563 g/mol. The molecule has 3 heteroatoms. The molecule has 1 aliphatic rings. The van der Waals surface area contributed by atoms with Crippen molar-refractivity contribution in [2.24, 2.45) is 0 Å². The second-order valence-corrected chi connectivity index (χ2v) is 11.2. The maximum atomic E-state index is 6.36. The second kappa shape index (κ2) is 9.82. The van der Waals surface area contributed by atoms with Gasteiger partial charge >= 0.3 is 0 Å². The Kier molecular flexibility index (Phi) is 5.50. The minimum atomic E-state index is 0.899. The minimum Gasteiger partial charge on any atom is -0.456 e. The van der Waals surface area contributed by atoms with Gasteiger partial charge in [-0.05, 0) is 69.6 Å². The topological polar surface area (TPSA) is 27.1 Å². The van der Waals surface area contributed by atoms with Gasteiger partial charge in [-0.25, -0.2) is 4.98 Å². The van der Waals surface area contributed by atoms with E-state index in [0.717, 1.165) is 56.1 Å². The van der Waals surface area contributed by atoms with Crippen LogP contribution >= 0.6 is 0 Å². The van der Waals surface area contributed by atoms with Gasteiger partial charge < -0.3 is 4.74 Å². The molecular formula is C41H26N2O. The van der Waals surface area contributed by atoms with Crippen LogP contribution < -0.4 is 4.74 Å². The third-order valence-corrected chi connectivity index (χ3v) is 8.63. The Morgan fingerprint density at radius 1 is 0.455 bits per heavy atom. The first-order valence-electron chi connectivity index (χ1n) is 14.9. The lowest BCUT2D eigenvalue weighted by Crippen LogP contribution is -1.99. The van der Waals surface area contributed by atoms with Gasteiger partial charge in [0.15, 0.2) is 0 Å². The summed E-state index contributed by atoms with van der Waals surface area (Å²) in [5.41, 5.74) is 11.2. The highest BCUT2D eigenvalue weighted by Crippen LogP contribution is 2.48. The Balaban J connectivity index is 1.20. The molecule has 44 heavy (non-hydrogen) atoms. The van der Waals surface area contributed by atoms with Crippen LogP contribution in [0.25, 0.3) is 72.3 Å². The largest absolute Gasteiger partial charge is 0.456 e. The Hall–Kier alpha value is -5.93. The summed E-state index contributed by atoms with van der Waals surface area (Å²) in [6.45, 7) is 0. The number of nitrogens with zero attached hydrogens (tertiary/aromatic N) is 2. The van der Waals surface area contributed by atoms with Gasteiger partial charge in [0.05, 0.1) is 11.0 Å². The van der Waals surface area contributed by atoms with E-state index in [2.05, 4.69) is 138 Å². The fourth-order valence-electron chi connectivity index (χ4n) is 6.57. The quantitative estimate of drug-likeness (QED) is 0.213. The molecule has 0 atom stereocenters. The second-order valence-electron chi connectivity index (χ2n) is 11.2. The van der Waals surface area contributed by atoms with Gasteiger partial charge in [-0.3, -0.25) is 4.57 Å². The van der Waals surface area contributed by atoms with Crippen molar-refractivity contribution in [3.63, 3.8) is 0 Å². The fraction of sp³-hybridized carbons (Fsp3) is 0. The van der Waals surface area contributed by atoms with Crippen LogP contribution in [-0.2, 0) is 0 Å². The lowest BCUT2D eigenvalue weighted by Gasteiger charge is -2.22. The lowest BCUT2D eigenvalue weighted by molar-refractivity contribution is 0.487. The van der Waals surface area contributed by atoms with Crippen molar-refractivity contribution in [1.29, 1.82) is 0 Å². The van der Waals surface area contributed by atoms with Gasteiger partial charge in [0.25, 0.3) is 0 Å². The van der Waals surface area contributed by atoms with Crippen molar-refractivity contribution in [2.75, 3.05) is 0 Å². The van der Waals surface area contributed by atoms with Crippen LogP contribution in [0.1, 0.15) is 0 Å². The van der Waals surface area contributed by atoms with Gasteiger partial charge in [-0.1, -0.05) is 121 Å². The highest BCUT2D eigenvalue weighted by molar-refractivity contribution is 6.10. The number of rotatable bonds is 4. The molecule has 9 rings (SSSR count). The molecule has 8 aromatic rings. The minimum absolute atomic E-state index is 0.899. The van der Waals surface area contributed by atoms with E-state index in [-0.39, 0.29) is 0 Å². The highest BCUT2D eigenvalue weighted by Gasteiger charge is 2.21. The van der Waals surface area contributed by atoms with Gasteiger partial charge in [-0.2, -0.15) is 0 Å². The SMILES string of the molecule is c1ccc(-c2ccc(-c3nc4ccccc4n3-c3cccc(-c4ccc5c6c(cccc46)-c4ccccc4O5)c3)cc2)cc1. The number of hydrogen-bond acceptors (Lipinski definition) is 2. The van der Waals surface area contributed by atoms with E-state index in [9.17, 15) is 0 Å². The molecule has 0 spiro atoms. The van der Waals surface area contributed by atoms with E-state index < -0.39 is 0 Å². The van der Waals surface area contributed by atoms with Crippen molar-refractivity contribution in [3.8, 4) is 62.0 Å². The molecule has 206 valence electrons. The normalized spacial score (nSPS) is 11.8. The molecule has 7 aromatic carbocycles. The zero-order valence-electron chi connectivity index (χ0n) is 23.8.